The second kappa shape index (κ2) is 27.8. The van der Waals surface area contributed by atoms with Gasteiger partial charge >= 0.3 is 12.2 Å². The van der Waals surface area contributed by atoms with E-state index in [2.05, 4.69) is 47.2 Å². The Morgan fingerprint density at radius 2 is 0.946 bits per heavy atom. The van der Waals surface area contributed by atoms with E-state index < -0.39 is 35.0 Å². The number of hydrogen-bond acceptors (Lipinski definition) is 14. The van der Waals surface area contributed by atoms with Crippen LogP contribution in [0.25, 0.3) is 33.6 Å². The molecule has 0 unspecified atom stereocenters. The van der Waals surface area contributed by atoms with Crippen LogP contribution in [0.1, 0.15) is 84.5 Å². The topological polar surface area (TPSA) is 237 Å². The molecule has 9 aromatic rings. The normalized spacial score (nSPS) is 13.3. The lowest BCUT2D eigenvalue weighted by Crippen LogP contribution is -2.44. The van der Waals surface area contributed by atoms with Crippen molar-refractivity contribution in [2.24, 2.45) is 14.1 Å². The number of hydrogen-bond donors (Lipinski definition) is 4. The Balaban J connectivity index is 0.000000203. The fourth-order valence-corrected chi connectivity index (χ4v) is 11.4. The molecule has 0 saturated heterocycles. The molecule has 4 aromatic heterocycles. The van der Waals surface area contributed by atoms with E-state index in [0.717, 1.165) is 22.3 Å². The van der Waals surface area contributed by atoms with Gasteiger partial charge in [-0.15, -0.1) is 0 Å². The molecule has 11 rings (SSSR count). The number of halogens is 2. The first-order valence-electron chi connectivity index (χ1n) is 29.9. The number of nitrogens with zero attached hydrogens (tertiary/aromatic N) is 8. The lowest BCUT2D eigenvalue weighted by molar-refractivity contribution is 0.0495. The Morgan fingerprint density at radius 3 is 1.37 bits per heavy atom. The van der Waals surface area contributed by atoms with Crippen LogP contribution < -0.4 is 42.2 Å². The highest BCUT2D eigenvalue weighted by Gasteiger charge is 2.37. The number of ether oxygens (including phenoxy) is 2. The zero-order chi connectivity index (χ0) is 65.4. The molecule has 22 heteroatoms. The van der Waals surface area contributed by atoms with Crippen LogP contribution in [-0.4, -0.2) is 89.4 Å². The van der Waals surface area contributed by atoms with Crippen molar-refractivity contribution in [1.29, 1.82) is 0 Å². The maximum absolute atomic E-state index is 14.3. The predicted molar refractivity (Wildman–Crippen MR) is 356 cm³/mol. The molecule has 2 atom stereocenters. The van der Waals surface area contributed by atoms with Gasteiger partial charge in [-0.3, -0.25) is 48.1 Å². The highest BCUT2D eigenvalue weighted by atomic mass is 79.9. The molecule has 5 aromatic carbocycles. The molecule has 4 amide bonds. The molecule has 0 saturated carbocycles. The number of alkyl carbamates (subject to hydrolysis) is 2. The Morgan fingerprint density at radius 1 is 0.533 bits per heavy atom. The number of carbonyl (C=O) groups is 4. The van der Waals surface area contributed by atoms with Crippen molar-refractivity contribution >= 4 is 63.2 Å². The van der Waals surface area contributed by atoms with Crippen LogP contribution in [0.4, 0.5) is 37.3 Å². The van der Waals surface area contributed by atoms with E-state index in [1.165, 1.54) is 31.1 Å². The van der Waals surface area contributed by atoms with Crippen molar-refractivity contribution in [3.8, 4) is 33.6 Å². The van der Waals surface area contributed by atoms with E-state index in [0.29, 0.717) is 62.1 Å². The van der Waals surface area contributed by atoms with Gasteiger partial charge in [0.2, 0.25) is 11.9 Å². The first-order valence-corrected chi connectivity index (χ1v) is 30.7. The third-order valence-electron chi connectivity index (χ3n) is 15.1. The van der Waals surface area contributed by atoms with Gasteiger partial charge in [-0.2, -0.15) is 0 Å². The molecule has 472 valence electrons. The van der Waals surface area contributed by atoms with Crippen molar-refractivity contribution in [1.82, 2.24) is 39.7 Å². The molecule has 0 fully saturated rings. The van der Waals surface area contributed by atoms with Gasteiger partial charge in [0.15, 0.2) is 0 Å². The van der Waals surface area contributed by atoms with Crippen LogP contribution in [0.15, 0.2) is 184 Å². The van der Waals surface area contributed by atoms with Crippen LogP contribution >= 0.6 is 15.9 Å². The van der Waals surface area contributed by atoms with E-state index >= 15 is 0 Å². The van der Waals surface area contributed by atoms with Crippen LogP contribution in [0.2, 0.25) is 0 Å². The minimum atomic E-state index is -0.679. The van der Waals surface area contributed by atoms with Gasteiger partial charge < -0.3 is 30.7 Å². The second-order valence-electron chi connectivity index (χ2n) is 24.2. The summed E-state index contributed by atoms with van der Waals surface area (Å²) in [4.78, 5) is 102. The fourth-order valence-electron chi connectivity index (χ4n) is 10.8. The number of rotatable bonds is 17. The molecule has 2 aliphatic heterocycles. The first-order chi connectivity index (χ1) is 44.0. The first kappa shape index (κ1) is 64.6. The summed E-state index contributed by atoms with van der Waals surface area (Å²) in [6, 6.07) is 42.7. The maximum atomic E-state index is 14.3. The molecule has 4 N–H and O–H groups in total. The third kappa shape index (κ3) is 15.3. The highest BCUT2D eigenvalue weighted by Crippen LogP contribution is 2.39. The number of fused-ring (bicyclic) bond motifs is 2. The maximum Gasteiger partial charge on any atom is 0.407 e. The smallest absolute Gasteiger partial charge is 0.407 e. The standard InChI is InChI=1S/C38H37FN6O4.C32H33BrN6O4/c1-38(2,3)49-37(48)42-29(21-24-9-6-5-7-10-24)22-41-36-43-32(26-17-19-40-20-18-26)33(35(47)44(36)4)45-23-27-11-8-12-30(31(27)34(45)46)25-13-15-28(39)16-14-25;1-32(2,3)43-31(42)36-23(17-20-9-6-5-7-10-20)18-35-30-37-26(21-13-15-34-16-14-21)27(29(41)38(30)4)39-19-22-11-8-12-24(33)25(22)28(39)40/h5-20,29H,21-23H2,1-4H3,(H,41,43)(H,42,48);5-16,23H,17-19H2,1-4H3,(H,35,37)(H,36,42)/t29-;23-/m00/s1. The van der Waals surface area contributed by atoms with Gasteiger partial charge in [-0.05, 0) is 146 Å². The predicted octanol–water partition coefficient (Wildman–Crippen LogP) is 11.7. The van der Waals surface area contributed by atoms with Gasteiger partial charge in [0.25, 0.3) is 22.9 Å². The zero-order valence-corrected chi connectivity index (χ0v) is 53.7. The largest absolute Gasteiger partial charge is 0.444 e. The number of pyridine rings is 2. The second-order valence-corrected chi connectivity index (χ2v) is 25.1. The van der Waals surface area contributed by atoms with E-state index in [1.807, 2.05) is 97.1 Å². The van der Waals surface area contributed by atoms with Crippen molar-refractivity contribution in [3.05, 3.63) is 235 Å². The van der Waals surface area contributed by atoms with E-state index in [1.54, 1.807) is 117 Å². The molecule has 0 bridgehead atoms. The minimum Gasteiger partial charge on any atom is -0.444 e. The molecule has 20 nitrogen and oxygen atoms in total. The summed E-state index contributed by atoms with van der Waals surface area (Å²) in [5.41, 5.74) is 5.97. The average Bonchev–Trinajstić information content (AvgIpc) is 1.56. The number of benzene rings is 5. The minimum absolute atomic E-state index is 0.123. The summed E-state index contributed by atoms with van der Waals surface area (Å²) in [7, 11) is 3.19. The number of anilines is 4. The van der Waals surface area contributed by atoms with E-state index in [9.17, 15) is 33.2 Å². The van der Waals surface area contributed by atoms with Gasteiger partial charge in [-0.1, -0.05) is 103 Å². The molecule has 0 spiro atoms. The summed E-state index contributed by atoms with van der Waals surface area (Å²) < 4.78 is 28.2. The number of aromatic nitrogens is 6. The lowest BCUT2D eigenvalue weighted by Gasteiger charge is -2.25. The van der Waals surface area contributed by atoms with Crippen LogP contribution in [0.5, 0.6) is 0 Å². The summed E-state index contributed by atoms with van der Waals surface area (Å²) in [6.07, 6.45) is 6.34. The molecule has 2 aliphatic rings. The summed E-state index contributed by atoms with van der Waals surface area (Å²) in [5.74, 6) is -0.464. The Labute approximate surface area is 540 Å². The van der Waals surface area contributed by atoms with Gasteiger partial charge in [0.05, 0.1) is 36.3 Å². The fraction of sp³-hybridized carbons (Fsp3) is 0.257. The highest BCUT2D eigenvalue weighted by molar-refractivity contribution is 9.10. The summed E-state index contributed by atoms with van der Waals surface area (Å²) in [6.45, 7) is 11.7. The average molecular weight is 1310 g/mol. The third-order valence-corrected chi connectivity index (χ3v) is 15.7. The van der Waals surface area contributed by atoms with Crippen molar-refractivity contribution < 1.29 is 33.0 Å². The van der Waals surface area contributed by atoms with Crippen molar-refractivity contribution in [2.75, 3.05) is 33.5 Å². The molecule has 92 heavy (non-hydrogen) atoms. The van der Waals surface area contributed by atoms with E-state index in [4.69, 9.17) is 19.4 Å². The molecule has 0 aliphatic carbocycles. The van der Waals surface area contributed by atoms with Gasteiger partial charge in [-0.25, -0.2) is 23.9 Å². The van der Waals surface area contributed by atoms with Crippen LogP contribution in [-0.2, 0) is 49.5 Å². The quantitative estimate of drug-likeness (QED) is 0.0664. The SMILES string of the molecule is Cn1c(NC[C@H](Cc2ccccc2)NC(=O)OC(C)(C)C)nc(-c2ccncc2)c(N2Cc3cccc(-c4ccc(F)cc4)c3C2=O)c1=O.Cn1c(NC[C@H](Cc2ccccc2)NC(=O)OC(C)(C)C)nc(-c2ccncc2)c(N2Cc3cccc(Br)c3C2=O)c1=O. The number of nitrogens with one attached hydrogen (secondary N) is 4. The van der Waals surface area contributed by atoms with Crippen LogP contribution in [0.3, 0.4) is 0 Å². The van der Waals surface area contributed by atoms with Crippen molar-refractivity contribution in [3.63, 3.8) is 0 Å². The molecule has 0 radical (unpaired) electrons. The number of amides is 4. The monoisotopic (exact) mass is 1300 g/mol. The molecule has 6 heterocycles. The molecular weight excluding hydrogens is 1240 g/mol. The number of carbonyl (C=O) groups excluding carboxylic acids is 4. The Kier molecular flexibility index (Phi) is 19.5. The van der Waals surface area contributed by atoms with Gasteiger partial charge in [0, 0.05) is 67.6 Å². The zero-order valence-electron chi connectivity index (χ0n) is 52.2. The van der Waals surface area contributed by atoms with Crippen molar-refractivity contribution in [2.45, 2.75) is 90.8 Å². The van der Waals surface area contributed by atoms with Crippen LogP contribution in [0, 0.1) is 5.82 Å². The lowest BCUT2D eigenvalue weighted by atomic mass is 9.97. The van der Waals surface area contributed by atoms with Gasteiger partial charge in [0.1, 0.15) is 39.8 Å². The summed E-state index contributed by atoms with van der Waals surface area (Å²) in [5, 5.41) is 12.4. The molecular formula is C70H70BrFN12O8. The Bertz CT molecular complexity index is 4300. The van der Waals surface area contributed by atoms with E-state index in [-0.39, 0.29) is 78.7 Å². The Hall–Kier alpha value is -10.4. The summed E-state index contributed by atoms with van der Waals surface area (Å²) >= 11 is 3.48.